The summed E-state index contributed by atoms with van der Waals surface area (Å²) in [6.45, 7) is 11.7. The molecule has 0 atom stereocenters. The minimum atomic E-state index is -1.08. The number of hydrogen-bond acceptors (Lipinski definition) is 8. The van der Waals surface area contributed by atoms with Crippen LogP contribution < -0.4 is 10.2 Å². The molecule has 0 amide bonds. The molecule has 0 saturated carbocycles. The van der Waals surface area contributed by atoms with Gasteiger partial charge in [0.15, 0.2) is 0 Å². The van der Waals surface area contributed by atoms with E-state index in [1.807, 2.05) is 24.3 Å². The summed E-state index contributed by atoms with van der Waals surface area (Å²) in [5.74, 6) is -0.545. The third-order valence-electron chi connectivity index (χ3n) is 4.29. The Kier molecular flexibility index (Phi) is 19.4. The van der Waals surface area contributed by atoms with Crippen LogP contribution in [0.4, 0.5) is 0 Å². The second kappa shape index (κ2) is 19.9. The molecule has 0 fully saturated rings. The van der Waals surface area contributed by atoms with Gasteiger partial charge in [-0.25, -0.2) is 0 Å². The number of phenols is 2. The van der Waals surface area contributed by atoms with Gasteiger partial charge in [0.2, 0.25) is 0 Å². The maximum absolute atomic E-state index is 9.99. The summed E-state index contributed by atoms with van der Waals surface area (Å²) in [5.41, 5.74) is 3.87. The number of nitrogens with zero attached hydrogens (tertiary/aromatic N) is 2. The van der Waals surface area contributed by atoms with Crippen LogP contribution in [0.15, 0.2) is 46.4 Å². The fourth-order valence-corrected chi connectivity index (χ4v) is 3.05. The van der Waals surface area contributed by atoms with E-state index in [0.717, 1.165) is 37.8 Å². The molecule has 2 aromatic rings. The van der Waals surface area contributed by atoms with Gasteiger partial charge >= 0.3 is 16.8 Å². The molecule has 0 aromatic heterocycles. The van der Waals surface area contributed by atoms with Gasteiger partial charge in [0.1, 0.15) is 11.5 Å². The molecule has 0 aliphatic heterocycles. The first-order valence-electron chi connectivity index (χ1n) is 11.8. The van der Waals surface area contributed by atoms with Crippen LogP contribution in [0.3, 0.4) is 0 Å². The van der Waals surface area contributed by atoms with Crippen molar-refractivity contribution < 1.29 is 46.8 Å². The molecule has 0 aliphatic rings. The zero-order valence-electron chi connectivity index (χ0n) is 22.4. The van der Waals surface area contributed by atoms with Gasteiger partial charge in [-0.3, -0.25) is 9.98 Å². The number of carboxylic acids is 2. The molecule has 205 valence electrons. The number of aliphatic carboxylic acids is 2. The molecular weight excluding hydrogens is 519 g/mol. The van der Waals surface area contributed by atoms with Crippen LogP contribution in [0.25, 0.3) is 0 Å². The first-order valence-corrected chi connectivity index (χ1v) is 11.8. The van der Waals surface area contributed by atoms with Crippen LogP contribution in [-0.2, 0) is 39.2 Å². The second-order valence-corrected chi connectivity index (χ2v) is 9.04. The van der Waals surface area contributed by atoms with Gasteiger partial charge in [0.05, 0.1) is 13.1 Å². The number of aliphatic imine (C=N–C) groups is 2. The Hall–Kier alpha value is -3.17. The van der Waals surface area contributed by atoms with Gasteiger partial charge in [0, 0.05) is 35.5 Å². The molecule has 0 spiro atoms. The average Bonchev–Trinajstić information content (AvgIpc) is 2.73. The summed E-state index contributed by atoms with van der Waals surface area (Å²) in [6.07, 6.45) is 5.36. The van der Waals surface area contributed by atoms with E-state index in [1.54, 1.807) is 24.6 Å². The molecule has 8 nitrogen and oxygen atoms in total. The minimum absolute atomic E-state index is 0. The van der Waals surface area contributed by atoms with Crippen LogP contribution in [-0.4, -0.2) is 47.7 Å². The summed E-state index contributed by atoms with van der Waals surface area (Å²) in [7, 11) is 0. The van der Waals surface area contributed by atoms with Crippen molar-refractivity contribution in [3.8, 4) is 11.5 Å². The maximum Gasteiger partial charge on any atom is 2.00 e. The van der Waals surface area contributed by atoms with E-state index in [2.05, 4.69) is 37.7 Å². The summed E-state index contributed by atoms with van der Waals surface area (Å²) < 4.78 is 0. The standard InChI is InChI=1S/C24H32N2O2.2C2H4O2.Co/c1-17(2)11-19-5-7-23(27)21(13-19)15-25-9-10-26-16-22-14-20(12-18(3)4)6-8-24(22)28;2*1-2(3)4;/h5-8,13-18,27-28H,9-12H2,1-4H3;2*1H3,(H,3,4);/q;;;+2/p-2. The molecule has 2 rings (SSSR count). The molecule has 2 aromatic carbocycles. The Morgan fingerprint density at radius 1 is 0.757 bits per heavy atom. The molecule has 0 bridgehead atoms. The third-order valence-corrected chi connectivity index (χ3v) is 4.29. The number of phenolic OH excluding ortho intramolecular Hbond substituents is 2. The van der Waals surface area contributed by atoms with E-state index in [0.29, 0.717) is 24.9 Å². The van der Waals surface area contributed by atoms with Crippen molar-refractivity contribution in [1.29, 1.82) is 0 Å². The Labute approximate surface area is 230 Å². The average molecular weight is 558 g/mol. The monoisotopic (exact) mass is 557 g/mol. The van der Waals surface area contributed by atoms with Crippen LogP contribution in [0.1, 0.15) is 63.8 Å². The Morgan fingerprint density at radius 3 is 1.32 bits per heavy atom. The summed E-state index contributed by atoms with van der Waals surface area (Å²) in [6, 6.07) is 11.3. The third kappa shape index (κ3) is 19.7. The van der Waals surface area contributed by atoms with Crippen molar-refractivity contribution in [1.82, 2.24) is 0 Å². The topological polar surface area (TPSA) is 145 Å². The Balaban J connectivity index is 0. The fraction of sp³-hybridized carbons (Fsp3) is 0.429. The number of rotatable bonds is 9. The number of carbonyl (C=O) groups is 2. The van der Waals surface area contributed by atoms with E-state index < -0.39 is 11.9 Å². The molecule has 1 radical (unpaired) electrons. The molecule has 0 heterocycles. The number of aromatic hydroxyl groups is 2. The van der Waals surface area contributed by atoms with Gasteiger partial charge in [-0.15, -0.1) is 0 Å². The first kappa shape index (κ1) is 36.0. The van der Waals surface area contributed by atoms with Gasteiger partial charge in [0.25, 0.3) is 0 Å². The fourth-order valence-electron chi connectivity index (χ4n) is 3.05. The number of hydrogen-bond donors (Lipinski definition) is 2. The number of benzene rings is 2. The van der Waals surface area contributed by atoms with E-state index >= 15 is 0 Å². The number of carboxylic acid groups (broad SMARTS) is 2. The second-order valence-electron chi connectivity index (χ2n) is 9.04. The zero-order chi connectivity index (χ0) is 27.7. The van der Waals surface area contributed by atoms with E-state index in [9.17, 15) is 10.2 Å². The predicted molar refractivity (Wildman–Crippen MR) is 140 cm³/mol. The first-order chi connectivity index (χ1) is 16.8. The Bertz CT molecular complexity index is 930. The van der Waals surface area contributed by atoms with Gasteiger partial charge in [-0.2, -0.15) is 0 Å². The predicted octanol–water partition coefficient (Wildman–Crippen LogP) is 2.54. The van der Waals surface area contributed by atoms with E-state index in [4.69, 9.17) is 19.8 Å². The van der Waals surface area contributed by atoms with Crippen LogP contribution in [0, 0.1) is 11.8 Å². The van der Waals surface area contributed by atoms with Crippen molar-refractivity contribution in [2.75, 3.05) is 13.1 Å². The molecule has 0 saturated heterocycles. The summed E-state index contributed by atoms with van der Waals surface area (Å²) in [5, 5.41) is 37.8. The van der Waals surface area contributed by atoms with Gasteiger partial charge in [-0.1, -0.05) is 39.8 Å². The van der Waals surface area contributed by atoms with Crippen molar-refractivity contribution in [3.63, 3.8) is 0 Å². The van der Waals surface area contributed by atoms with Crippen LogP contribution in [0.2, 0.25) is 0 Å². The minimum Gasteiger partial charge on any atom is -0.550 e. The summed E-state index contributed by atoms with van der Waals surface area (Å²) >= 11 is 0. The van der Waals surface area contributed by atoms with Crippen molar-refractivity contribution in [2.45, 2.75) is 54.4 Å². The molecule has 0 aliphatic carbocycles. The van der Waals surface area contributed by atoms with Gasteiger partial charge in [-0.05, 0) is 73.9 Å². The van der Waals surface area contributed by atoms with Crippen molar-refractivity contribution >= 4 is 24.4 Å². The molecule has 2 N–H and O–H groups in total. The SMILES string of the molecule is CC(=O)[O-].CC(=O)[O-].CC(C)Cc1ccc(O)c(C=NCCN=Cc2cc(CC(C)C)ccc2O)c1.[Co+2]. The van der Waals surface area contributed by atoms with Crippen LogP contribution in [0.5, 0.6) is 11.5 Å². The number of carbonyl (C=O) groups excluding carboxylic acids is 2. The Morgan fingerprint density at radius 2 is 1.05 bits per heavy atom. The molecular formula is C28H38CoN2O6. The van der Waals surface area contributed by atoms with Crippen LogP contribution >= 0.6 is 0 Å². The summed E-state index contributed by atoms with van der Waals surface area (Å²) in [4.78, 5) is 26.5. The normalized spacial score (nSPS) is 10.5. The largest absolute Gasteiger partial charge is 2.00 e. The molecule has 9 heteroatoms. The maximum atomic E-state index is 9.99. The smallest absolute Gasteiger partial charge is 0.550 e. The van der Waals surface area contributed by atoms with E-state index in [1.165, 1.54) is 11.1 Å². The van der Waals surface area contributed by atoms with Crippen molar-refractivity contribution in [2.24, 2.45) is 21.8 Å². The quantitative estimate of drug-likeness (QED) is 0.358. The van der Waals surface area contributed by atoms with Gasteiger partial charge < -0.3 is 30.0 Å². The molecule has 37 heavy (non-hydrogen) atoms. The molecule has 0 unspecified atom stereocenters. The van der Waals surface area contributed by atoms with Crippen molar-refractivity contribution in [3.05, 3.63) is 58.7 Å². The van der Waals surface area contributed by atoms with E-state index in [-0.39, 0.29) is 28.3 Å². The zero-order valence-corrected chi connectivity index (χ0v) is 23.4.